The van der Waals surface area contributed by atoms with Gasteiger partial charge in [0.15, 0.2) is 17.9 Å². The quantitative estimate of drug-likeness (QED) is 0.331. The number of hydrogen-bond acceptors (Lipinski definition) is 6. The molecule has 2 N–H and O–H groups in total. The molecule has 0 saturated carbocycles. The maximum Gasteiger partial charge on any atom is 0.411 e. The molecule has 5 rings (SSSR count). The van der Waals surface area contributed by atoms with Gasteiger partial charge in [0.05, 0.1) is 12.8 Å². The van der Waals surface area contributed by atoms with Crippen LogP contribution in [0.2, 0.25) is 0 Å². The SMILES string of the molecule is O=C(Nc1ccc([C@H]2OC(=O)N(Cc3cccc(F)c3)[C@H]2C(=O)NCCc2ccccn2)cc1)c1ccco1. The zero-order valence-electron chi connectivity index (χ0n) is 20.7. The van der Waals surface area contributed by atoms with Gasteiger partial charge in [-0.3, -0.25) is 19.5 Å². The van der Waals surface area contributed by atoms with Crippen molar-refractivity contribution < 1.29 is 27.9 Å². The van der Waals surface area contributed by atoms with Gasteiger partial charge >= 0.3 is 6.09 Å². The van der Waals surface area contributed by atoms with E-state index in [1.807, 2.05) is 18.2 Å². The Morgan fingerprint density at radius 2 is 1.85 bits per heavy atom. The van der Waals surface area contributed by atoms with Gasteiger partial charge in [0.2, 0.25) is 5.91 Å². The Balaban J connectivity index is 1.34. The Morgan fingerprint density at radius 3 is 2.56 bits per heavy atom. The summed E-state index contributed by atoms with van der Waals surface area (Å²) in [7, 11) is 0. The summed E-state index contributed by atoms with van der Waals surface area (Å²) in [5, 5.41) is 5.60. The van der Waals surface area contributed by atoms with Crippen LogP contribution in [0.25, 0.3) is 0 Å². The maximum atomic E-state index is 13.8. The third-order valence-electron chi connectivity index (χ3n) is 6.24. The van der Waals surface area contributed by atoms with Gasteiger partial charge in [-0.05, 0) is 59.7 Å². The van der Waals surface area contributed by atoms with E-state index in [9.17, 15) is 18.8 Å². The largest absolute Gasteiger partial charge is 0.459 e. The van der Waals surface area contributed by atoms with E-state index >= 15 is 0 Å². The van der Waals surface area contributed by atoms with Crippen LogP contribution in [-0.4, -0.2) is 40.4 Å². The van der Waals surface area contributed by atoms with Crippen molar-refractivity contribution in [3.63, 3.8) is 0 Å². The maximum absolute atomic E-state index is 13.8. The number of nitrogens with zero attached hydrogens (tertiary/aromatic N) is 2. The summed E-state index contributed by atoms with van der Waals surface area (Å²) in [6, 6.07) is 20.2. The van der Waals surface area contributed by atoms with Crippen LogP contribution in [0.4, 0.5) is 14.9 Å². The first-order valence-corrected chi connectivity index (χ1v) is 12.3. The molecule has 3 amide bonds. The molecule has 0 aliphatic carbocycles. The van der Waals surface area contributed by atoms with Crippen molar-refractivity contribution in [2.75, 3.05) is 11.9 Å². The molecule has 39 heavy (non-hydrogen) atoms. The lowest BCUT2D eigenvalue weighted by Crippen LogP contribution is -2.46. The van der Waals surface area contributed by atoms with Crippen molar-refractivity contribution in [3.8, 4) is 0 Å². The zero-order chi connectivity index (χ0) is 27.2. The Bertz CT molecular complexity index is 1440. The molecule has 2 aromatic heterocycles. The minimum atomic E-state index is -1.01. The monoisotopic (exact) mass is 528 g/mol. The number of rotatable bonds is 9. The summed E-state index contributed by atoms with van der Waals surface area (Å²) in [5.41, 5.74) is 2.40. The van der Waals surface area contributed by atoms with Gasteiger partial charge in [0.25, 0.3) is 5.91 Å². The molecule has 0 radical (unpaired) electrons. The van der Waals surface area contributed by atoms with E-state index < -0.39 is 35.9 Å². The van der Waals surface area contributed by atoms with Crippen LogP contribution in [0.1, 0.15) is 33.5 Å². The van der Waals surface area contributed by atoms with E-state index in [4.69, 9.17) is 9.15 Å². The van der Waals surface area contributed by atoms with Crippen molar-refractivity contribution >= 4 is 23.6 Å². The highest BCUT2D eigenvalue weighted by Gasteiger charge is 2.46. The average molecular weight is 529 g/mol. The lowest BCUT2D eigenvalue weighted by Gasteiger charge is -2.24. The van der Waals surface area contributed by atoms with Gasteiger partial charge in [-0.2, -0.15) is 0 Å². The molecule has 1 fully saturated rings. The molecule has 2 aromatic carbocycles. The molecule has 0 unspecified atom stereocenters. The predicted molar refractivity (Wildman–Crippen MR) is 139 cm³/mol. The number of pyridine rings is 1. The standard InChI is InChI=1S/C29H25FN4O5/c30-21-6-3-5-19(17-21)18-34-25(28(36)32-15-13-22-7-1-2-14-31-22)26(39-29(34)37)20-9-11-23(12-10-20)33-27(35)24-8-4-16-38-24/h1-12,14,16-17,25-26H,13,15,18H2,(H,32,36)(H,33,35)/t25-,26-/m1/s1. The summed E-state index contributed by atoms with van der Waals surface area (Å²) in [4.78, 5) is 44.2. The van der Waals surface area contributed by atoms with E-state index in [1.165, 1.54) is 23.3 Å². The van der Waals surface area contributed by atoms with Crippen molar-refractivity contribution in [1.29, 1.82) is 0 Å². The number of anilines is 1. The van der Waals surface area contributed by atoms with E-state index in [2.05, 4.69) is 15.6 Å². The van der Waals surface area contributed by atoms with Crippen LogP contribution in [-0.2, 0) is 22.5 Å². The highest BCUT2D eigenvalue weighted by Crippen LogP contribution is 2.34. The summed E-state index contributed by atoms with van der Waals surface area (Å²) in [5.74, 6) is -1.10. The number of aromatic nitrogens is 1. The summed E-state index contributed by atoms with van der Waals surface area (Å²) >= 11 is 0. The molecule has 3 heterocycles. The number of benzene rings is 2. The third-order valence-corrected chi connectivity index (χ3v) is 6.24. The van der Waals surface area contributed by atoms with Crippen molar-refractivity contribution in [1.82, 2.24) is 15.2 Å². The predicted octanol–water partition coefficient (Wildman–Crippen LogP) is 4.49. The molecule has 0 bridgehead atoms. The number of halogens is 1. The van der Waals surface area contributed by atoms with Crippen LogP contribution in [0.5, 0.6) is 0 Å². The lowest BCUT2D eigenvalue weighted by molar-refractivity contribution is -0.126. The number of cyclic esters (lactones) is 1. The first-order chi connectivity index (χ1) is 19.0. The van der Waals surface area contributed by atoms with E-state index in [1.54, 1.807) is 54.7 Å². The van der Waals surface area contributed by atoms with Gasteiger partial charge in [-0.1, -0.05) is 30.3 Å². The average Bonchev–Trinajstić information content (AvgIpc) is 3.59. The highest BCUT2D eigenvalue weighted by atomic mass is 19.1. The molecule has 1 aliphatic rings. The van der Waals surface area contributed by atoms with Crippen LogP contribution >= 0.6 is 0 Å². The van der Waals surface area contributed by atoms with E-state index in [0.717, 1.165) is 5.69 Å². The molecule has 2 atom stereocenters. The van der Waals surface area contributed by atoms with Crippen molar-refractivity contribution in [3.05, 3.63) is 120 Å². The number of amides is 3. The number of carbonyl (C=O) groups is 3. The first kappa shape index (κ1) is 25.7. The van der Waals surface area contributed by atoms with Gasteiger partial charge in [-0.15, -0.1) is 0 Å². The Kier molecular flexibility index (Phi) is 7.63. The van der Waals surface area contributed by atoms with Gasteiger partial charge in [-0.25, -0.2) is 9.18 Å². The molecule has 198 valence electrons. The second kappa shape index (κ2) is 11.6. The molecule has 10 heteroatoms. The lowest BCUT2D eigenvalue weighted by atomic mass is 10.00. The number of ether oxygens (including phenoxy) is 1. The molecule has 9 nitrogen and oxygen atoms in total. The fraction of sp³-hybridized carbons (Fsp3) is 0.172. The fourth-order valence-electron chi connectivity index (χ4n) is 4.36. The number of furan rings is 1. The third kappa shape index (κ3) is 6.12. The summed E-state index contributed by atoms with van der Waals surface area (Å²) in [6.07, 6.45) is 1.98. The minimum Gasteiger partial charge on any atom is -0.459 e. The molecular weight excluding hydrogens is 503 g/mol. The fourth-order valence-corrected chi connectivity index (χ4v) is 4.36. The first-order valence-electron chi connectivity index (χ1n) is 12.3. The van der Waals surface area contributed by atoms with Crippen LogP contribution in [0, 0.1) is 5.82 Å². The van der Waals surface area contributed by atoms with Gasteiger partial charge in [0.1, 0.15) is 5.82 Å². The second-order valence-electron chi connectivity index (χ2n) is 8.92. The Labute approximate surface area is 223 Å². The Morgan fingerprint density at radius 1 is 1.00 bits per heavy atom. The molecule has 4 aromatic rings. The molecule has 1 saturated heterocycles. The van der Waals surface area contributed by atoms with Crippen LogP contribution in [0.3, 0.4) is 0 Å². The van der Waals surface area contributed by atoms with E-state index in [-0.39, 0.29) is 12.3 Å². The van der Waals surface area contributed by atoms with Crippen molar-refractivity contribution in [2.45, 2.75) is 25.1 Å². The summed E-state index contributed by atoms with van der Waals surface area (Å²) < 4.78 is 24.6. The zero-order valence-corrected chi connectivity index (χ0v) is 20.7. The molecule has 1 aliphatic heterocycles. The topological polar surface area (TPSA) is 114 Å². The van der Waals surface area contributed by atoms with Gasteiger partial charge < -0.3 is 19.8 Å². The molecule has 0 spiro atoms. The van der Waals surface area contributed by atoms with Crippen LogP contribution < -0.4 is 10.6 Å². The highest BCUT2D eigenvalue weighted by molar-refractivity contribution is 6.02. The number of carbonyl (C=O) groups excluding carboxylic acids is 3. The normalized spacial score (nSPS) is 16.5. The Hall–Kier alpha value is -4.99. The van der Waals surface area contributed by atoms with Gasteiger partial charge in [0, 0.05) is 30.5 Å². The summed E-state index contributed by atoms with van der Waals surface area (Å²) in [6.45, 7) is 0.293. The van der Waals surface area contributed by atoms with Crippen LogP contribution in [0.15, 0.2) is 95.7 Å². The number of nitrogens with one attached hydrogen (secondary N) is 2. The molecular formula is C29H25FN4O5. The smallest absolute Gasteiger partial charge is 0.411 e. The number of hydrogen-bond donors (Lipinski definition) is 2. The second-order valence-corrected chi connectivity index (χ2v) is 8.92. The van der Waals surface area contributed by atoms with Crippen molar-refractivity contribution in [2.24, 2.45) is 0 Å². The minimum absolute atomic E-state index is 0.0112. The van der Waals surface area contributed by atoms with E-state index in [0.29, 0.717) is 29.8 Å².